The second kappa shape index (κ2) is 9.63. The highest BCUT2D eigenvalue weighted by Crippen LogP contribution is 2.53. The van der Waals surface area contributed by atoms with Gasteiger partial charge in [0.05, 0.1) is 5.92 Å². The van der Waals surface area contributed by atoms with Crippen molar-refractivity contribution in [2.75, 3.05) is 40.3 Å². The van der Waals surface area contributed by atoms with Crippen LogP contribution in [0.2, 0.25) is 19.6 Å². The SMILES string of the molecule is C=CCN1C[C@H](C(=O)N(CCCN(C)C)[Si](C)(C)C)C[C@@H]2C3CCCC4NC=C(C[C@H]21)C43. The predicted octanol–water partition coefficient (Wildman–Crippen LogP) is 3.77. The Kier molecular flexibility index (Phi) is 7.23. The number of amides is 1. The van der Waals surface area contributed by atoms with E-state index in [0.29, 0.717) is 23.9 Å². The number of piperidine rings is 1. The molecule has 0 aromatic heterocycles. The molecule has 3 unspecified atom stereocenters. The van der Waals surface area contributed by atoms with Crippen LogP contribution in [-0.2, 0) is 4.79 Å². The van der Waals surface area contributed by atoms with Gasteiger partial charge < -0.3 is 14.8 Å². The van der Waals surface area contributed by atoms with Crippen molar-refractivity contribution in [3.8, 4) is 0 Å². The summed E-state index contributed by atoms with van der Waals surface area (Å²) in [6, 6.07) is 1.23. The molecule has 2 aliphatic heterocycles. The molecule has 180 valence electrons. The first-order valence-electron chi connectivity index (χ1n) is 13.0. The fourth-order valence-electron chi connectivity index (χ4n) is 7.26. The second-order valence-corrected chi connectivity index (χ2v) is 16.9. The Balaban J connectivity index is 1.55. The fraction of sp³-hybridized carbons (Fsp3) is 0.808. The number of hydrogen-bond acceptors (Lipinski definition) is 4. The molecule has 1 N–H and O–H groups in total. The summed E-state index contributed by atoms with van der Waals surface area (Å²) < 4.78 is 2.32. The number of hydrogen-bond donors (Lipinski definition) is 1. The highest BCUT2D eigenvalue weighted by Gasteiger charge is 2.53. The number of carbonyl (C=O) groups is 1. The normalized spacial score (nSPS) is 34.4. The summed E-state index contributed by atoms with van der Waals surface area (Å²) in [6.45, 7) is 14.8. The van der Waals surface area contributed by atoms with Crippen LogP contribution in [0.15, 0.2) is 24.4 Å². The van der Waals surface area contributed by atoms with Gasteiger partial charge in [-0.1, -0.05) is 32.1 Å². The van der Waals surface area contributed by atoms with E-state index in [2.05, 4.69) is 66.2 Å². The van der Waals surface area contributed by atoms with E-state index in [-0.39, 0.29) is 5.92 Å². The molecule has 1 saturated heterocycles. The molecule has 3 fully saturated rings. The van der Waals surface area contributed by atoms with Crippen molar-refractivity contribution in [1.29, 1.82) is 0 Å². The summed E-state index contributed by atoms with van der Waals surface area (Å²) in [5, 5.41) is 3.72. The lowest BCUT2D eigenvalue weighted by Gasteiger charge is -2.55. The number of likely N-dealkylation sites (tertiary alicyclic amines) is 1. The van der Waals surface area contributed by atoms with Gasteiger partial charge in [0.25, 0.3) is 0 Å². The molecule has 2 heterocycles. The molecule has 0 spiro atoms. The van der Waals surface area contributed by atoms with E-state index in [1.165, 1.54) is 25.7 Å². The highest BCUT2D eigenvalue weighted by atomic mass is 28.3. The topological polar surface area (TPSA) is 38.8 Å². The van der Waals surface area contributed by atoms with E-state index in [9.17, 15) is 4.79 Å². The molecule has 0 bridgehead atoms. The molecule has 2 aliphatic carbocycles. The summed E-state index contributed by atoms with van der Waals surface area (Å²) in [5.41, 5.74) is 1.66. The Morgan fingerprint density at radius 3 is 2.72 bits per heavy atom. The van der Waals surface area contributed by atoms with Crippen LogP contribution in [0.5, 0.6) is 0 Å². The molecule has 5 nitrogen and oxygen atoms in total. The van der Waals surface area contributed by atoms with E-state index in [1.807, 2.05) is 6.08 Å². The molecule has 4 rings (SSSR count). The van der Waals surface area contributed by atoms with E-state index in [4.69, 9.17) is 0 Å². The standard InChI is InChI=1S/C26H46N4OSi/c1-7-12-29-18-20(26(31)30(32(4,5)6)14-9-13-28(2)3)15-22-21-10-8-11-23-25(21)19(17-27-23)16-24(22)29/h7,17,20-25,27H,1,8-16,18H2,2-6H3/t20-,21?,22-,23?,24-,25?/m1/s1. The molecule has 1 amide bonds. The molecule has 0 aromatic carbocycles. The van der Waals surface area contributed by atoms with Crippen molar-refractivity contribution in [2.45, 2.75) is 70.2 Å². The predicted molar refractivity (Wildman–Crippen MR) is 136 cm³/mol. The maximum absolute atomic E-state index is 14.0. The van der Waals surface area contributed by atoms with Gasteiger partial charge in [0.2, 0.25) is 5.91 Å². The summed E-state index contributed by atoms with van der Waals surface area (Å²) in [4.78, 5) is 18.9. The van der Waals surface area contributed by atoms with Crippen molar-refractivity contribution in [3.05, 3.63) is 24.4 Å². The van der Waals surface area contributed by atoms with E-state index in [0.717, 1.165) is 50.9 Å². The van der Waals surface area contributed by atoms with Crippen molar-refractivity contribution >= 4 is 14.1 Å². The van der Waals surface area contributed by atoms with Crippen molar-refractivity contribution < 1.29 is 4.79 Å². The van der Waals surface area contributed by atoms with Crippen molar-refractivity contribution in [2.24, 2.45) is 23.7 Å². The summed E-state index contributed by atoms with van der Waals surface area (Å²) in [5.74, 6) is 2.69. The molecular formula is C26H46N4OSi. The van der Waals surface area contributed by atoms with Crippen molar-refractivity contribution in [3.63, 3.8) is 0 Å². The lowest BCUT2D eigenvalue weighted by atomic mass is 9.58. The number of rotatable bonds is 8. The monoisotopic (exact) mass is 458 g/mol. The quantitative estimate of drug-likeness (QED) is 0.444. The van der Waals surface area contributed by atoms with Gasteiger partial charge in [-0.05, 0) is 76.4 Å². The Bertz CT molecular complexity index is 730. The van der Waals surface area contributed by atoms with E-state index in [1.54, 1.807) is 5.57 Å². The minimum absolute atomic E-state index is 0.141. The third kappa shape index (κ3) is 4.73. The largest absolute Gasteiger partial charge is 0.388 e. The van der Waals surface area contributed by atoms with Gasteiger partial charge in [0, 0.05) is 37.6 Å². The first-order valence-corrected chi connectivity index (χ1v) is 16.4. The maximum atomic E-state index is 14.0. The lowest BCUT2D eigenvalue weighted by molar-refractivity contribution is -0.136. The van der Waals surface area contributed by atoms with Crippen LogP contribution in [0, 0.1) is 23.7 Å². The molecule has 0 aromatic rings. The molecule has 32 heavy (non-hydrogen) atoms. The van der Waals surface area contributed by atoms with Crippen molar-refractivity contribution in [1.82, 2.24) is 19.7 Å². The van der Waals surface area contributed by atoms with Gasteiger partial charge in [-0.3, -0.25) is 9.69 Å². The third-order valence-electron chi connectivity index (χ3n) is 8.60. The van der Waals surface area contributed by atoms with Gasteiger partial charge in [-0.15, -0.1) is 6.58 Å². The average molecular weight is 459 g/mol. The lowest BCUT2D eigenvalue weighted by Crippen LogP contribution is -2.60. The van der Waals surface area contributed by atoms with Crippen LogP contribution in [0.1, 0.15) is 38.5 Å². The average Bonchev–Trinajstić information content (AvgIpc) is 3.14. The Hall–Kier alpha value is -1.11. The zero-order valence-electron chi connectivity index (χ0n) is 21.1. The minimum Gasteiger partial charge on any atom is -0.388 e. The summed E-state index contributed by atoms with van der Waals surface area (Å²) in [7, 11) is 2.51. The zero-order valence-corrected chi connectivity index (χ0v) is 22.1. The van der Waals surface area contributed by atoms with Crippen LogP contribution in [0.3, 0.4) is 0 Å². The Morgan fingerprint density at radius 2 is 2.03 bits per heavy atom. The number of nitrogens with one attached hydrogen (secondary N) is 1. The van der Waals surface area contributed by atoms with Crippen LogP contribution in [-0.4, -0.2) is 80.9 Å². The first-order chi connectivity index (χ1) is 15.2. The number of nitrogens with zero attached hydrogens (tertiary/aromatic N) is 3. The van der Waals surface area contributed by atoms with E-state index < -0.39 is 8.24 Å². The van der Waals surface area contributed by atoms with Gasteiger partial charge in [0.15, 0.2) is 8.24 Å². The second-order valence-electron chi connectivity index (χ2n) is 12.0. The Morgan fingerprint density at radius 1 is 1.25 bits per heavy atom. The molecule has 2 saturated carbocycles. The molecule has 0 radical (unpaired) electrons. The molecule has 6 heteroatoms. The maximum Gasteiger partial charge on any atom is 0.219 e. The smallest absolute Gasteiger partial charge is 0.219 e. The van der Waals surface area contributed by atoms with Crippen LogP contribution in [0.4, 0.5) is 0 Å². The van der Waals surface area contributed by atoms with Gasteiger partial charge in [-0.2, -0.15) is 0 Å². The molecule has 4 aliphatic rings. The van der Waals surface area contributed by atoms with Crippen LogP contribution >= 0.6 is 0 Å². The highest BCUT2D eigenvalue weighted by molar-refractivity contribution is 6.75. The summed E-state index contributed by atoms with van der Waals surface area (Å²) >= 11 is 0. The van der Waals surface area contributed by atoms with E-state index >= 15 is 0 Å². The Labute approximate surface area is 197 Å². The van der Waals surface area contributed by atoms with Crippen LogP contribution in [0.25, 0.3) is 0 Å². The first kappa shape index (κ1) is 24.0. The van der Waals surface area contributed by atoms with Gasteiger partial charge in [-0.25, -0.2) is 0 Å². The minimum atomic E-state index is -1.73. The fourth-order valence-corrected chi connectivity index (χ4v) is 8.94. The summed E-state index contributed by atoms with van der Waals surface area (Å²) in [6.07, 6.45) is 11.7. The zero-order chi connectivity index (χ0) is 23.0. The van der Waals surface area contributed by atoms with Crippen LogP contribution < -0.4 is 5.32 Å². The van der Waals surface area contributed by atoms with Gasteiger partial charge >= 0.3 is 0 Å². The number of fused-ring (bicyclic) bond motifs is 2. The molecule has 6 atom stereocenters. The molecular weight excluding hydrogens is 412 g/mol. The van der Waals surface area contributed by atoms with Gasteiger partial charge in [0.1, 0.15) is 0 Å². The third-order valence-corrected chi connectivity index (χ3v) is 10.7. The number of carbonyl (C=O) groups excluding carboxylic acids is 1.